The fourth-order valence-corrected chi connectivity index (χ4v) is 4.56. The number of carbonyl (C=O) groups is 4. The van der Waals surface area contributed by atoms with Crippen LogP contribution in [0.4, 0.5) is 0 Å². The Balaban J connectivity index is -0.000000112. The third kappa shape index (κ3) is 29.8. The first-order chi connectivity index (χ1) is 25.9. The fraction of sp³-hybridized carbons (Fsp3) is 0.795. The summed E-state index contributed by atoms with van der Waals surface area (Å²) in [6.45, 7) is 31.8. The largest absolute Gasteiger partial charge is 1.00 e. The number of hydrogen-bond donors (Lipinski definition) is 3. The summed E-state index contributed by atoms with van der Waals surface area (Å²) in [5, 5.41) is 52.3. The van der Waals surface area contributed by atoms with Crippen LogP contribution in [0.5, 0.6) is 0 Å². The van der Waals surface area contributed by atoms with E-state index in [0.717, 1.165) is 44.1 Å². The van der Waals surface area contributed by atoms with E-state index in [1.165, 1.54) is 0 Å². The molecule has 4 N–H and O–H groups in total. The van der Waals surface area contributed by atoms with Gasteiger partial charge in [0.25, 0.3) is 0 Å². The summed E-state index contributed by atoms with van der Waals surface area (Å²) in [7, 11) is 0. The number of hydrogen-bond acceptors (Lipinski definition) is 11. The molecule has 0 amide bonds. The topological polar surface area (TPSA) is 249 Å². The van der Waals surface area contributed by atoms with E-state index in [9.17, 15) is 24.3 Å². The van der Waals surface area contributed by atoms with Crippen LogP contribution in [0, 0.1) is 61.6 Å². The molecule has 0 fully saturated rings. The Morgan fingerprint density at radius 1 is 0.655 bits per heavy atom. The minimum atomic E-state index is -1.24. The molecule has 2 atom stereocenters. The first kappa shape index (κ1) is 70.2. The second-order valence-corrected chi connectivity index (χ2v) is 15.1. The number of nitriles is 3. The van der Waals surface area contributed by atoms with Crippen molar-refractivity contribution in [2.24, 2.45) is 27.6 Å². The van der Waals surface area contributed by atoms with Crippen molar-refractivity contribution in [3.05, 3.63) is 11.1 Å². The first-order valence-electron chi connectivity index (χ1n) is 20.2. The van der Waals surface area contributed by atoms with Gasteiger partial charge < -0.3 is 30.3 Å². The van der Waals surface area contributed by atoms with Gasteiger partial charge in [-0.1, -0.05) is 103 Å². The monoisotopic (exact) mass is 850 g/mol. The van der Waals surface area contributed by atoms with Crippen LogP contribution in [-0.4, -0.2) is 64.0 Å². The van der Waals surface area contributed by atoms with E-state index in [0.29, 0.717) is 45.3 Å². The molecule has 0 radical (unpaired) electrons. The van der Waals surface area contributed by atoms with Crippen molar-refractivity contribution in [3.8, 4) is 18.2 Å². The van der Waals surface area contributed by atoms with Gasteiger partial charge in [-0.05, 0) is 87.5 Å². The average Bonchev–Trinajstić information content (AvgIpc) is 3.18. The standard InChI is InChI=1S/C11H19NO2.C9H13NO2.C8H15N.C8H16O3.C8H16O2.K.H2O/c1-5-11(4,6-2)9(8-12)10(13)14-7-3;1-4-7(3)8(6-10)9(11)12-5-2;1-4-8(3,5-2)6-7-9;1-4-8(3,5-2)6(9)7(10)11;1-4-8(3,5-2)6-7(9)10;;/h9H,5-7H2,1-4H3;4-5H2,1-3H3;4-6H2,1-3H3;6,9H,4-5H2,1-3H3,(H,10,11);4-6H2,1-3H3,(H,9,10);;1H2/q;;;;;+1;/p-1/b;8-7+;;;;;. The smallest absolute Gasteiger partial charge is 0.870 e. The van der Waals surface area contributed by atoms with E-state index in [1.807, 2.05) is 68.4 Å². The van der Waals surface area contributed by atoms with Crippen molar-refractivity contribution in [3.63, 3.8) is 0 Å². The molecule has 0 aromatic carbocycles. The van der Waals surface area contributed by atoms with Crippen molar-refractivity contribution in [1.29, 1.82) is 15.8 Å². The summed E-state index contributed by atoms with van der Waals surface area (Å²) in [6, 6.07) is 6.11. The Kier molecular flexibility index (Phi) is 47.0. The molecule has 2 unspecified atom stereocenters. The Morgan fingerprint density at radius 3 is 1.24 bits per heavy atom. The zero-order chi connectivity index (χ0) is 45.3. The van der Waals surface area contributed by atoms with Crippen LogP contribution in [0.2, 0.25) is 0 Å². The number of ether oxygens (including phenoxy) is 2. The first-order valence-corrected chi connectivity index (χ1v) is 20.2. The summed E-state index contributed by atoms with van der Waals surface area (Å²) in [5.74, 6) is -3.36. The number of carboxylic acids is 2. The number of allylic oxidation sites excluding steroid dienone is 1. The molecule has 14 heteroatoms. The van der Waals surface area contributed by atoms with Gasteiger partial charge in [-0.3, -0.25) is 9.59 Å². The summed E-state index contributed by atoms with van der Waals surface area (Å²) < 4.78 is 9.58. The van der Waals surface area contributed by atoms with Crippen molar-refractivity contribution < 1.29 is 101 Å². The molecule has 0 saturated heterocycles. The van der Waals surface area contributed by atoms with E-state index in [4.69, 9.17) is 35.5 Å². The minimum Gasteiger partial charge on any atom is -0.870 e. The van der Waals surface area contributed by atoms with Crippen molar-refractivity contribution in [2.75, 3.05) is 13.2 Å². The molecule has 0 heterocycles. The SMILES string of the molecule is CCC(C)(CC)C(O)C(=O)O.CCC(C)(CC)CC#N.CCC(C)(CC)CC(=O)O.CCOC(=O)/C(C#N)=C(\C)CC.CCOC(=O)C(C#N)C(C)(CC)CC.[K+].[OH-]. The fourth-order valence-electron chi connectivity index (χ4n) is 4.56. The van der Waals surface area contributed by atoms with Gasteiger partial charge in [-0.25, -0.2) is 9.59 Å². The van der Waals surface area contributed by atoms with Crippen LogP contribution in [0.3, 0.4) is 0 Å². The molecule has 0 aliphatic heterocycles. The average molecular weight is 850 g/mol. The summed E-state index contributed by atoms with van der Waals surface area (Å²) in [5.41, 5.74) is 0.447. The molecular weight excluding hydrogens is 770 g/mol. The molecule has 58 heavy (non-hydrogen) atoms. The third-order valence-electron chi connectivity index (χ3n) is 11.5. The molecule has 332 valence electrons. The van der Waals surface area contributed by atoms with Crippen LogP contribution in [0.1, 0.15) is 181 Å². The summed E-state index contributed by atoms with van der Waals surface area (Å²) in [6.07, 6.45) is 7.51. The van der Waals surface area contributed by atoms with Gasteiger partial charge in [0.2, 0.25) is 0 Å². The second kappa shape index (κ2) is 38.8. The molecule has 13 nitrogen and oxygen atoms in total. The number of aliphatic hydroxyl groups is 1. The van der Waals surface area contributed by atoms with Crippen LogP contribution >= 0.6 is 0 Å². The Labute approximate surface area is 395 Å². The number of aliphatic hydroxyl groups excluding tert-OH is 1. The number of esters is 2. The molecule has 0 bridgehead atoms. The molecular formula is C44H80KN3O10. The zero-order valence-corrected chi connectivity index (χ0v) is 42.6. The molecule has 0 aromatic rings. The van der Waals surface area contributed by atoms with Gasteiger partial charge in [0, 0.05) is 11.8 Å². The molecule has 0 rings (SSSR count). The summed E-state index contributed by atoms with van der Waals surface area (Å²) >= 11 is 0. The third-order valence-corrected chi connectivity index (χ3v) is 11.5. The van der Waals surface area contributed by atoms with Crippen molar-refractivity contribution in [1.82, 2.24) is 0 Å². The zero-order valence-electron chi connectivity index (χ0n) is 39.4. The van der Waals surface area contributed by atoms with Crippen LogP contribution < -0.4 is 51.4 Å². The van der Waals surface area contributed by atoms with Gasteiger partial charge in [0.15, 0.2) is 6.10 Å². The van der Waals surface area contributed by atoms with Gasteiger partial charge in [-0.2, -0.15) is 15.8 Å². The van der Waals surface area contributed by atoms with Gasteiger partial charge >= 0.3 is 75.3 Å². The molecule has 0 aromatic heterocycles. The van der Waals surface area contributed by atoms with Crippen LogP contribution in [0.15, 0.2) is 11.1 Å². The number of aliphatic carboxylic acids is 2. The van der Waals surface area contributed by atoms with E-state index in [-0.39, 0.29) is 84.6 Å². The maximum absolute atomic E-state index is 11.5. The Morgan fingerprint density at radius 2 is 1.05 bits per heavy atom. The second-order valence-electron chi connectivity index (χ2n) is 15.1. The quantitative estimate of drug-likeness (QED) is 0.0496. The number of nitrogens with zero attached hydrogens (tertiary/aromatic N) is 3. The van der Waals surface area contributed by atoms with E-state index < -0.39 is 35.3 Å². The van der Waals surface area contributed by atoms with Crippen LogP contribution in [0.25, 0.3) is 0 Å². The van der Waals surface area contributed by atoms with Gasteiger partial charge in [0.1, 0.15) is 17.6 Å². The minimum absolute atomic E-state index is 0. The van der Waals surface area contributed by atoms with E-state index >= 15 is 0 Å². The number of rotatable bonds is 19. The maximum Gasteiger partial charge on any atom is 1.00 e. The number of carbonyl (C=O) groups excluding carboxylic acids is 2. The predicted octanol–water partition coefficient (Wildman–Crippen LogP) is 7.41. The predicted molar refractivity (Wildman–Crippen MR) is 224 cm³/mol. The maximum atomic E-state index is 11.5. The normalized spacial score (nSPS) is 12.0. The Hall–Kier alpha value is -2.35. The molecule has 0 aliphatic carbocycles. The van der Waals surface area contributed by atoms with Gasteiger partial charge in [0.05, 0.1) is 31.8 Å². The Bertz CT molecular complexity index is 1280. The van der Waals surface area contributed by atoms with Gasteiger partial charge in [-0.15, -0.1) is 0 Å². The molecule has 0 saturated carbocycles. The van der Waals surface area contributed by atoms with E-state index in [1.54, 1.807) is 27.7 Å². The molecule has 0 spiro atoms. The molecule has 0 aliphatic rings. The van der Waals surface area contributed by atoms with Crippen LogP contribution in [-0.2, 0) is 28.7 Å². The number of carboxylic acid groups (broad SMARTS) is 2. The van der Waals surface area contributed by atoms with E-state index in [2.05, 4.69) is 32.9 Å². The summed E-state index contributed by atoms with van der Waals surface area (Å²) in [4.78, 5) is 43.3. The van der Waals surface area contributed by atoms with Crippen molar-refractivity contribution in [2.45, 2.75) is 188 Å². The van der Waals surface area contributed by atoms with Crippen molar-refractivity contribution >= 4 is 23.9 Å².